The van der Waals surface area contributed by atoms with E-state index >= 15 is 0 Å². The zero-order valence-corrected chi connectivity index (χ0v) is 40.9. The number of alkyl halides is 9. The summed E-state index contributed by atoms with van der Waals surface area (Å²) in [6.45, 7) is 3.74. The first-order valence-electron chi connectivity index (χ1n) is 22.9. The number of benzene rings is 6. The van der Waals surface area contributed by atoms with E-state index in [2.05, 4.69) is 15.3 Å². The molecule has 7 aromatic rings. The van der Waals surface area contributed by atoms with Gasteiger partial charge in [0.2, 0.25) is 5.95 Å². The Hall–Kier alpha value is -7.91. The largest absolute Gasteiger partial charge is 0.488 e. The molecule has 1 heterocycles. The van der Waals surface area contributed by atoms with E-state index in [4.69, 9.17) is 27.2 Å². The van der Waals surface area contributed by atoms with Crippen LogP contribution in [0.25, 0.3) is 0 Å². The van der Waals surface area contributed by atoms with Gasteiger partial charge in [0.15, 0.2) is 5.78 Å². The van der Waals surface area contributed by atoms with Crippen LogP contribution < -0.4 is 32.9 Å². The molecule has 0 atom stereocenters. The normalized spacial score (nSPS) is 11.1. The van der Waals surface area contributed by atoms with Crippen molar-refractivity contribution in [2.24, 2.45) is 0 Å². The average Bonchev–Trinajstić information content (AvgIpc) is 3.31. The number of hydrogen-bond acceptors (Lipinski definition) is 11. The lowest BCUT2D eigenvalue weighted by molar-refractivity contribution is -0.128. The summed E-state index contributed by atoms with van der Waals surface area (Å²) in [4.78, 5) is 35.7. The standard InChI is InChI=1S/C32H31F3N4O2.2C8H8F3N.C6H8BNO2/c1-4-29(41)28-19-25(11-8-21(28)2)37-31-36-15-14-30(38-31)39(3)26-12-9-22(10-13-26)17-27(40)18-23-6-5-7-24(16-23)20-32(33,34)35;2*9-8(10,11)5-6-2-1-3-7(12)4-6;8-6-3-1-2-5(4-6)7(9)10/h5-16,19H,4,17-18,20H2,1-3H3,(H,36,37,38);2*1-4H,5,12H2;1-4,9-10H,8H2. The molecule has 0 unspecified atom stereocenters. The SMILES string of the molecule is CCC(=O)c1cc(Nc2nccc(N(C)c3ccc(CC(=O)Cc4cccc(CC(F)(F)F)c4)cc3)n2)ccc1C.Nc1cccc(B(O)O)c1.Nc1cccc(CC(F)(F)F)c1.Nc1cccc(CC(F)(F)F)c1. The van der Waals surface area contributed by atoms with E-state index in [9.17, 15) is 49.1 Å². The molecule has 0 aliphatic rings. The molecule has 0 fully saturated rings. The molecule has 1 aromatic heterocycles. The maximum absolute atomic E-state index is 12.7. The summed E-state index contributed by atoms with van der Waals surface area (Å²) in [5.74, 6) is 1.01. The first kappa shape index (κ1) is 59.7. The zero-order valence-electron chi connectivity index (χ0n) is 40.9. The molecule has 75 heavy (non-hydrogen) atoms. The minimum absolute atomic E-state index is 0.0686. The number of aromatic nitrogens is 2. The predicted octanol–water partition coefficient (Wildman–Crippen LogP) is 11.0. The quantitative estimate of drug-likeness (QED) is 0.0263. The van der Waals surface area contributed by atoms with E-state index in [1.807, 2.05) is 62.2 Å². The van der Waals surface area contributed by atoms with E-state index in [0.717, 1.165) is 16.8 Å². The van der Waals surface area contributed by atoms with Crippen molar-refractivity contribution in [3.05, 3.63) is 191 Å². The summed E-state index contributed by atoms with van der Waals surface area (Å²) < 4.78 is 109. The number of Topliss-reactive ketones (excluding diaryl/α,β-unsaturated/α-hetero) is 2. The van der Waals surface area contributed by atoms with Crippen LogP contribution in [-0.4, -0.2) is 64.3 Å². The van der Waals surface area contributed by atoms with Gasteiger partial charge in [-0.25, -0.2) is 4.98 Å². The molecule has 396 valence electrons. The second-order valence-electron chi connectivity index (χ2n) is 17.0. The summed E-state index contributed by atoms with van der Waals surface area (Å²) in [5.41, 5.74) is 22.7. The summed E-state index contributed by atoms with van der Waals surface area (Å²) in [7, 11) is 0.438. The Bertz CT molecular complexity index is 2900. The van der Waals surface area contributed by atoms with Crippen LogP contribution in [0, 0.1) is 6.92 Å². The van der Waals surface area contributed by atoms with Crippen LogP contribution in [0.1, 0.15) is 57.1 Å². The van der Waals surface area contributed by atoms with Crippen molar-refractivity contribution in [2.75, 3.05) is 34.5 Å². The molecule has 0 bridgehead atoms. The summed E-state index contributed by atoms with van der Waals surface area (Å²) in [6, 6.07) is 39.0. The number of nitrogens with zero attached hydrogens (tertiary/aromatic N) is 3. The van der Waals surface area contributed by atoms with Gasteiger partial charge in [-0.15, -0.1) is 0 Å². The van der Waals surface area contributed by atoms with Crippen molar-refractivity contribution >= 4 is 64.4 Å². The van der Waals surface area contributed by atoms with Gasteiger partial charge >= 0.3 is 25.6 Å². The third kappa shape index (κ3) is 22.4. The van der Waals surface area contributed by atoms with Crippen LogP contribution in [0.5, 0.6) is 0 Å². The lowest BCUT2D eigenvalue weighted by Gasteiger charge is -2.19. The third-order valence-corrected chi connectivity index (χ3v) is 10.5. The molecule has 7 rings (SSSR count). The number of aryl methyl sites for hydroxylation is 1. The number of rotatable bonds is 14. The molecule has 0 aliphatic heterocycles. The van der Waals surface area contributed by atoms with Crippen LogP contribution in [0.2, 0.25) is 0 Å². The first-order chi connectivity index (χ1) is 35.1. The Morgan fingerprint density at radius 1 is 0.600 bits per heavy atom. The number of carbonyl (C=O) groups excluding carboxylic acids is 2. The maximum atomic E-state index is 12.7. The Morgan fingerprint density at radius 2 is 1.08 bits per heavy atom. The van der Waals surface area contributed by atoms with Crippen LogP contribution >= 0.6 is 0 Å². The highest BCUT2D eigenvalue weighted by molar-refractivity contribution is 6.58. The fourth-order valence-electron chi connectivity index (χ4n) is 7.07. The zero-order chi connectivity index (χ0) is 55.5. The summed E-state index contributed by atoms with van der Waals surface area (Å²) >= 11 is 0. The third-order valence-electron chi connectivity index (χ3n) is 10.5. The fourth-order valence-corrected chi connectivity index (χ4v) is 7.07. The molecular formula is C54H55BF9N7O4. The molecular weight excluding hydrogens is 992 g/mol. The number of anilines is 7. The van der Waals surface area contributed by atoms with E-state index in [1.54, 1.807) is 60.8 Å². The topological polar surface area (TPSA) is 194 Å². The lowest BCUT2D eigenvalue weighted by Crippen LogP contribution is -2.29. The van der Waals surface area contributed by atoms with E-state index in [1.165, 1.54) is 54.6 Å². The molecule has 0 radical (unpaired) electrons. The highest BCUT2D eigenvalue weighted by Crippen LogP contribution is 2.27. The Labute approximate surface area is 428 Å². The van der Waals surface area contributed by atoms with Crippen molar-refractivity contribution < 1.29 is 59.2 Å². The molecule has 0 saturated heterocycles. The number of nitrogens with two attached hydrogens (primary N) is 3. The van der Waals surface area contributed by atoms with E-state index in [0.29, 0.717) is 57.5 Å². The number of halogens is 9. The van der Waals surface area contributed by atoms with Gasteiger partial charge in [0, 0.05) is 66.5 Å². The highest BCUT2D eigenvalue weighted by atomic mass is 19.4. The lowest BCUT2D eigenvalue weighted by atomic mass is 9.80. The van der Waals surface area contributed by atoms with E-state index in [-0.39, 0.29) is 41.1 Å². The van der Waals surface area contributed by atoms with Crippen LogP contribution in [0.4, 0.5) is 79.7 Å². The van der Waals surface area contributed by atoms with Crippen molar-refractivity contribution in [1.29, 1.82) is 0 Å². The second kappa shape index (κ2) is 27.4. The molecule has 6 aromatic carbocycles. The van der Waals surface area contributed by atoms with Gasteiger partial charge in [0.05, 0.1) is 19.3 Å². The summed E-state index contributed by atoms with van der Waals surface area (Å²) in [6.07, 6.45) is -13.1. The van der Waals surface area contributed by atoms with Gasteiger partial charge < -0.3 is 37.5 Å². The predicted molar refractivity (Wildman–Crippen MR) is 276 cm³/mol. The molecule has 0 amide bonds. The van der Waals surface area contributed by atoms with Crippen LogP contribution in [0.3, 0.4) is 0 Å². The molecule has 0 spiro atoms. The molecule has 9 N–H and O–H groups in total. The van der Waals surface area contributed by atoms with Gasteiger partial charge in [-0.2, -0.15) is 44.5 Å². The van der Waals surface area contributed by atoms with Crippen molar-refractivity contribution in [1.82, 2.24) is 9.97 Å². The van der Waals surface area contributed by atoms with Crippen LogP contribution in [-0.2, 0) is 36.9 Å². The number of nitrogens with one attached hydrogen (secondary N) is 1. The minimum atomic E-state index is -4.29. The monoisotopic (exact) mass is 1050 g/mol. The summed E-state index contributed by atoms with van der Waals surface area (Å²) in [5, 5.41) is 20.5. The maximum Gasteiger partial charge on any atom is 0.488 e. The first-order valence-corrected chi connectivity index (χ1v) is 22.9. The molecule has 0 saturated carbocycles. The number of nitrogen functional groups attached to an aromatic ring is 3. The molecule has 0 aliphatic carbocycles. The van der Waals surface area contributed by atoms with Crippen molar-refractivity contribution in [3.8, 4) is 0 Å². The molecule has 11 nitrogen and oxygen atoms in total. The van der Waals surface area contributed by atoms with Gasteiger partial charge in [-0.3, -0.25) is 9.59 Å². The van der Waals surface area contributed by atoms with Gasteiger partial charge in [0.1, 0.15) is 11.6 Å². The minimum Gasteiger partial charge on any atom is -0.423 e. The van der Waals surface area contributed by atoms with Crippen molar-refractivity contribution in [2.45, 2.75) is 70.9 Å². The Kier molecular flexibility index (Phi) is 21.8. The van der Waals surface area contributed by atoms with Gasteiger partial charge in [-0.05, 0) is 112 Å². The average molecular weight is 1050 g/mol. The van der Waals surface area contributed by atoms with Gasteiger partial charge in [0.25, 0.3) is 0 Å². The smallest absolute Gasteiger partial charge is 0.423 e. The van der Waals surface area contributed by atoms with Gasteiger partial charge in [-0.1, -0.05) is 85.8 Å². The number of carbonyl (C=O) groups is 2. The molecule has 21 heteroatoms. The second-order valence-corrected chi connectivity index (χ2v) is 17.0. The van der Waals surface area contributed by atoms with Crippen molar-refractivity contribution in [3.63, 3.8) is 0 Å². The highest BCUT2D eigenvalue weighted by Gasteiger charge is 2.29. The number of hydrogen-bond donors (Lipinski definition) is 6. The van der Waals surface area contributed by atoms with Crippen LogP contribution in [0.15, 0.2) is 152 Å². The van der Waals surface area contributed by atoms with E-state index < -0.39 is 44.9 Å². The Balaban J connectivity index is 0.000000285. The fraction of sp³-hybridized carbons (Fsp3) is 0.222. The number of ketones is 2. The Morgan fingerprint density at radius 3 is 1.56 bits per heavy atom.